The summed E-state index contributed by atoms with van der Waals surface area (Å²) >= 11 is 0. The van der Waals surface area contributed by atoms with Crippen molar-refractivity contribution in [2.24, 2.45) is 22.4 Å². The van der Waals surface area contributed by atoms with Crippen LogP contribution in [0.5, 0.6) is 0 Å². The third-order valence-corrected chi connectivity index (χ3v) is 6.91. The Morgan fingerprint density at radius 1 is 1.05 bits per heavy atom. The number of rotatable bonds is 18. The summed E-state index contributed by atoms with van der Waals surface area (Å²) < 4.78 is 5.59. The molecule has 0 radical (unpaired) electrons. The van der Waals surface area contributed by atoms with Gasteiger partial charge in [-0.2, -0.15) is 0 Å². The molecule has 0 aromatic carbocycles. The highest BCUT2D eigenvalue weighted by Gasteiger charge is 2.39. The fourth-order valence-corrected chi connectivity index (χ4v) is 4.84. The number of aliphatic carboxylic acids is 2. The van der Waals surface area contributed by atoms with Crippen LogP contribution in [0.25, 0.3) is 0 Å². The molecule has 3 amide bonds. The summed E-state index contributed by atoms with van der Waals surface area (Å²) in [5.41, 5.74) is 10.8. The lowest BCUT2D eigenvalue weighted by Crippen LogP contribution is -2.60. The van der Waals surface area contributed by atoms with E-state index < -0.39 is 60.4 Å². The topological polar surface area (TPSA) is 239 Å². The third kappa shape index (κ3) is 12.7. The minimum Gasteiger partial charge on any atom is -0.481 e. The minimum absolute atomic E-state index is 0.0860. The molecule has 0 spiro atoms. The number of amides is 3. The highest BCUT2D eigenvalue weighted by atomic mass is 16.5. The van der Waals surface area contributed by atoms with Crippen LogP contribution in [-0.4, -0.2) is 108 Å². The lowest BCUT2D eigenvalue weighted by atomic mass is 9.93. The molecule has 0 aliphatic carbocycles. The predicted octanol–water partition coefficient (Wildman–Crippen LogP) is -1.01. The fourth-order valence-electron chi connectivity index (χ4n) is 4.84. The zero-order valence-corrected chi connectivity index (χ0v) is 24.4. The molecule has 15 heteroatoms. The van der Waals surface area contributed by atoms with Crippen LogP contribution in [0.15, 0.2) is 4.99 Å². The van der Waals surface area contributed by atoms with Crippen molar-refractivity contribution in [1.29, 1.82) is 0 Å². The fraction of sp³-hybridized carbons (Fsp3) is 0.769. The van der Waals surface area contributed by atoms with E-state index in [1.165, 1.54) is 12.0 Å². The molecule has 0 aromatic rings. The molecule has 234 valence electrons. The molecular weight excluding hydrogens is 538 g/mol. The maximum absolute atomic E-state index is 13.9. The Morgan fingerprint density at radius 3 is 2.27 bits per heavy atom. The number of methoxy groups -OCH3 is 1. The van der Waals surface area contributed by atoms with Crippen molar-refractivity contribution in [3.05, 3.63) is 0 Å². The summed E-state index contributed by atoms with van der Waals surface area (Å²) in [4.78, 5) is 67.9. The van der Waals surface area contributed by atoms with Crippen molar-refractivity contribution in [2.45, 2.75) is 95.5 Å². The average molecular weight is 586 g/mol. The Labute approximate surface area is 240 Å². The lowest BCUT2D eigenvalue weighted by molar-refractivity contribution is -0.148. The zero-order chi connectivity index (χ0) is 31.1. The van der Waals surface area contributed by atoms with Gasteiger partial charge >= 0.3 is 11.9 Å². The van der Waals surface area contributed by atoms with Gasteiger partial charge in [0, 0.05) is 33.0 Å². The minimum atomic E-state index is -1.39. The smallest absolute Gasteiger partial charge is 0.326 e. The molecule has 5 atom stereocenters. The van der Waals surface area contributed by atoms with Gasteiger partial charge in [-0.25, -0.2) is 4.79 Å². The number of likely N-dealkylation sites (tertiary alicyclic amines) is 1. The summed E-state index contributed by atoms with van der Waals surface area (Å²) in [6, 6.07) is -3.57. The van der Waals surface area contributed by atoms with Crippen molar-refractivity contribution < 1.29 is 38.9 Å². The number of piperidine rings is 1. The van der Waals surface area contributed by atoms with Gasteiger partial charge in [0.05, 0.1) is 18.2 Å². The number of likely N-dealkylation sites (N-methyl/N-ethyl adjacent to an activating group) is 1. The molecule has 1 heterocycles. The molecule has 0 unspecified atom stereocenters. The van der Waals surface area contributed by atoms with Gasteiger partial charge < -0.3 is 47.3 Å². The second kappa shape index (κ2) is 18.1. The van der Waals surface area contributed by atoms with Gasteiger partial charge in [0.1, 0.15) is 12.1 Å². The van der Waals surface area contributed by atoms with E-state index in [-0.39, 0.29) is 43.6 Å². The standard InChI is InChI=1S/C26H47N7O8/c1-15(2)13-18(29-3)23(37)32-16(7-5-11-30-26(27)28)24(38)33-12-6-8-20(41-4)19(33)14-21(34)31-17(25(39)40)9-10-22(35)36/h15-20,29H,5-14H2,1-4H3,(H,31,34)(H,32,37)(H,35,36)(H,39,40)(H4,27,28,30)/t16-,17-,18-,19+,20+/m0/s1. The summed E-state index contributed by atoms with van der Waals surface area (Å²) in [6.45, 7) is 4.53. The van der Waals surface area contributed by atoms with Crippen molar-refractivity contribution in [2.75, 3.05) is 27.2 Å². The van der Waals surface area contributed by atoms with E-state index in [9.17, 15) is 29.1 Å². The van der Waals surface area contributed by atoms with E-state index in [2.05, 4.69) is 20.9 Å². The molecule has 1 rings (SSSR count). The molecule has 0 saturated carbocycles. The van der Waals surface area contributed by atoms with Gasteiger partial charge in [-0.05, 0) is 51.5 Å². The molecule has 0 bridgehead atoms. The van der Waals surface area contributed by atoms with Crippen LogP contribution in [-0.2, 0) is 28.7 Å². The van der Waals surface area contributed by atoms with E-state index >= 15 is 0 Å². The van der Waals surface area contributed by atoms with E-state index in [4.69, 9.17) is 21.3 Å². The quantitative estimate of drug-likeness (QED) is 0.0584. The summed E-state index contributed by atoms with van der Waals surface area (Å²) in [6.07, 6.45) is 0.871. The van der Waals surface area contributed by atoms with Crippen LogP contribution in [0, 0.1) is 5.92 Å². The van der Waals surface area contributed by atoms with Gasteiger partial charge in [0.25, 0.3) is 0 Å². The average Bonchev–Trinajstić information content (AvgIpc) is 2.90. The maximum atomic E-state index is 13.9. The van der Waals surface area contributed by atoms with E-state index in [0.29, 0.717) is 32.2 Å². The normalized spacial score (nSPS) is 19.1. The molecule has 9 N–H and O–H groups in total. The predicted molar refractivity (Wildman–Crippen MR) is 151 cm³/mol. The monoisotopic (exact) mass is 585 g/mol. The number of ether oxygens (including phenoxy) is 1. The lowest BCUT2D eigenvalue weighted by Gasteiger charge is -2.42. The van der Waals surface area contributed by atoms with Crippen LogP contribution in [0.2, 0.25) is 0 Å². The molecule has 1 saturated heterocycles. The number of carboxylic acids is 2. The Kier molecular flexibility index (Phi) is 15.7. The Balaban J connectivity index is 3.17. The number of nitrogens with one attached hydrogen (secondary N) is 3. The number of nitrogens with two attached hydrogens (primary N) is 2. The number of carbonyl (C=O) groups is 5. The van der Waals surface area contributed by atoms with Gasteiger partial charge in [0.15, 0.2) is 5.96 Å². The molecule has 1 aliphatic heterocycles. The number of carboxylic acid groups (broad SMARTS) is 2. The number of carbonyl (C=O) groups excluding carboxylic acids is 3. The van der Waals surface area contributed by atoms with Crippen LogP contribution in [0.1, 0.15) is 65.2 Å². The van der Waals surface area contributed by atoms with Gasteiger partial charge in [0.2, 0.25) is 17.7 Å². The van der Waals surface area contributed by atoms with E-state index in [1.807, 2.05) is 13.8 Å². The van der Waals surface area contributed by atoms with Crippen LogP contribution in [0.3, 0.4) is 0 Å². The first-order chi connectivity index (χ1) is 19.3. The number of hydrogen-bond acceptors (Lipinski definition) is 8. The first-order valence-electron chi connectivity index (χ1n) is 13.9. The number of guanidine groups is 1. The molecule has 1 fully saturated rings. The van der Waals surface area contributed by atoms with Crippen LogP contribution in [0.4, 0.5) is 0 Å². The van der Waals surface area contributed by atoms with Crippen LogP contribution >= 0.6 is 0 Å². The molecule has 15 nitrogen and oxygen atoms in total. The van der Waals surface area contributed by atoms with Crippen molar-refractivity contribution in [3.8, 4) is 0 Å². The summed E-state index contributed by atoms with van der Waals surface area (Å²) in [7, 11) is 3.14. The Bertz CT molecular complexity index is 926. The number of nitrogens with zero attached hydrogens (tertiary/aromatic N) is 2. The SMILES string of the molecule is CN[C@@H](CC(C)C)C(=O)N[C@@H](CCCN=C(N)N)C(=O)N1CCC[C@@H](OC)[C@H]1CC(=O)N[C@@H](CCC(=O)O)C(=O)O. The molecule has 1 aliphatic rings. The van der Waals surface area contributed by atoms with Gasteiger partial charge in [-0.1, -0.05) is 13.8 Å². The number of hydrogen-bond donors (Lipinski definition) is 7. The summed E-state index contributed by atoms with van der Waals surface area (Å²) in [5.74, 6) is -3.79. The van der Waals surface area contributed by atoms with Crippen molar-refractivity contribution >= 4 is 35.6 Å². The third-order valence-electron chi connectivity index (χ3n) is 6.91. The highest BCUT2D eigenvalue weighted by Crippen LogP contribution is 2.24. The highest BCUT2D eigenvalue weighted by molar-refractivity contribution is 5.90. The first-order valence-corrected chi connectivity index (χ1v) is 13.9. The Morgan fingerprint density at radius 2 is 1.73 bits per heavy atom. The second-order valence-electron chi connectivity index (χ2n) is 10.6. The first kappa shape index (κ1) is 35.6. The van der Waals surface area contributed by atoms with Crippen molar-refractivity contribution in [1.82, 2.24) is 20.9 Å². The van der Waals surface area contributed by atoms with Gasteiger partial charge in [-0.15, -0.1) is 0 Å². The van der Waals surface area contributed by atoms with Crippen molar-refractivity contribution in [3.63, 3.8) is 0 Å². The van der Waals surface area contributed by atoms with E-state index in [1.54, 1.807) is 7.05 Å². The number of aliphatic imine (C=N–C) groups is 1. The maximum Gasteiger partial charge on any atom is 0.326 e. The summed E-state index contributed by atoms with van der Waals surface area (Å²) in [5, 5.41) is 26.5. The Hall–Kier alpha value is -3.46. The second-order valence-corrected chi connectivity index (χ2v) is 10.6. The molecule has 41 heavy (non-hydrogen) atoms. The van der Waals surface area contributed by atoms with Crippen LogP contribution < -0.4 is 27.4 Å². The molecular formula is C26H47N7O8. The zero-order valence-electron chi connectivity index (χ0n) is 24.4. The molecule has 0 aromatic heterocycles. The van der Waals surface area contributed by atoms with E-state index in [0.717, 1.165) is 0 Å². The van der Waals surface area contributed by atoms with Gasteiger partial charge in [-0.3, -0.25) is 24.2 Å². The largest absolute Gasteiger partial charge is 0.481 e.